The second-order valence-corrected chi connectivity index (χ2v) is 6.07. The Balaban J connectivity index is 2.43. The van der Waals surface area contributed by atoms with Crippen molar-refractivity contribution in [3.63, 3.8) is 0 Å². The summed E-state index contributed by atoms with van der Waals surface area (Å²) in [4.78, 5) is 16.2. The van der Waals surface area contributed by atoms with Crippen LogP contribution in [0.2, 0.25) is 5.02 Å². The van der Waals surface area contributed by atoms with Crippen molar-refractivity contribution in [3.8, 4) is 10.6 Å². The molecule has 2 rings (SSSR count). The van der Waals surface area contributed by atoms with E-state index in [-0.39, 0.29) is 5.92 Å². The molecule has 1 aromatic carbocycles. The molecule has 1 aromatic heterocycles. The summed E-state index contributed by atoms with van der Waals surface area (Å²) in [5.74, 6) is -0.720. The Morgan fingerprint density at radius 1 is 1.35 bits per heavy atom. The monoisotopic (exact) mass is 307 g/mol. The predicted molar refractivity (Wildman–Crippen MR) is 83.3 cm³/mol. The SMILES string of the molecule is CC(C)c1nc(-c2ccc(Cl)cc2)sc1/C=C/C(=O)O. The molecule has 5 heteroatoms. The Labute approximate surface area is 126 Å². The van der Waals surface area contributed by atoms with Crippen molar-refractivity contribution in [2.45, 2.75) is 19.8 Å². The fourth-order valence-electron chi connectivity index (χ4n) is 1.74. The molecule has 0 amide bonds. The number of benzene rings is 1. The average molecular weight is 308 g/mol. The Bertz CT molecular complexity index is 644. The molecule has 1 heterocycles. The van der Waals surface area contributed by atoms with Crippen LogP contribution in [0.15, 0.2) is 30.3 Å². The molecule has 0 aliphatic heterocycles. The van der Waals surface area contributed by atoms with Crippen molar-refractivity contribution in [1.29, 1.82) is 0 Å². The molecular weight excluding hydrogens is 294 g/mol. The van der Waals surface area contributed by atoms with Crippen LogP contribution in [0.1, 0.15) is 30.3 Å². The van der Waals surface area contributed by atoms with Crippen LogP contribution in [0.3, 0.4) is 0 Å². The first kappa shape index (κ1) is 14.8. The number of carboxylic acids is 1. The van der Waals surface area contributed by atoms with Gasteiger partial charge in [0, 0.05) is 16.7 Å². The van der Waals surface area contributed by atoms with Crippen molar-refractivity contribution in [1.82, 2.24) is 4.98 Å². The van der Waals surface area contributed by atoms with Gasteiger partial charge in [-0.25, -0.2) is 9.78 Å². The zero-order valence-electron chi connectivity index (χ0n) is 11.1. The third kappa shape index (κ3) is 3.46. The molecule has 0 saturated heterocycles. The molecule has 3 nitrogen and oxygen atoms in total. The number of aromatic nitrogens is 1. The Hall–Kier alpha value is -1.65. The first-order valence-corrected chi connectivity index (χ1v) is 7.34. The van der Waals surface area contributed by atoms with Crippen LogP contribution in [0.5, 0.6) is 0 Å². The Morgan fingerprint density at radius 3 is 2.55 bits per heavy atom. The van der Waals surface area contributed by atoms with Gasteiger partial charge in [0.15, 0.2) is 0 Å². The highest BCUT2D eigenvalue weighted by Gasteiger charge is 2.13. The lowest BCUT2D eigenvalue weighted by Crippen LogP contribution is -1.91. The van der Waals surface area contributed by atoms with E-state index >= 15 is 0 Å². The van der Waals surface area contributed by atoms with Crippen LogP contribution in [-0.2, 0) is 4.79 Å². The zero-order chi connectivity index (χ0) is 14.7. The third-order valence-electron chi connectivity index (χ3n) is 2.70. The van der Waals surface area contributed by atoms with Gasteiger partial charge < -0.3 is 5.11 Å². The summed E-state index contributed by atoms with van der Waals surface area (Å²) in [6.07, 6.45) is 2.75. The number of rotatable bonds is 4. The molecule has 0 saturated carbocycles. The van der Waals surface area contributed by atoms with Crippen LogP contribution >= 0.6 is 22.9 Å². The Morgan fingerprint density at radius 2 is 2.00 bits per heavy atom. The molecule has 0 aliphatic carbocycles. The molecule has 0 bridgehead atoms. The largest absolute Gasteiger partial charge is 0.478 e. The maximum Gasteiger partial charge on any atom is 0.328 e. The third-order valence-corrected chi connectivity index (χ3v) is 4.03. The van der Waals surface area contributed by atoms with Gasteiger partial charge in [0.2, 0.25) is 0 Å². The van der Waals surface area contributed by atoms with Crippen LogP contribution in [0, 0.1) is 0 Å². The fourth-order valence-corrected chi connectivity index (χ4v) is 2.99. The minimum atomic E-state index is -0.957. The number of aliphatic carboxylic acids is 1. The standard InChI is InChI=1S/C15H14ClNO2S/c1-9(2)14-12(7-8-13(18)19)20-15(17-14)10-3-5-11(16)6-4-10/h3-9H,1-2H3,(H,18,19)/b8-7+. The number of carbonyl (C=O) groups is 1. The first-order valence-electron chi connectivity index (χ1n) is 6.15. The molecule has 0 spiro atoms. The molecule has 2 aromatic rings. The van der Waals surface area contributed by atoms with Gasteiger partial charge >= 0.3 is 5.97 Å². The molecule has 104 valence electrons. The van der Waals surface area contributed by atoms with Crippen LogP contribution < -0.4 is 0 Å². The smallest absolute Gasteiger partial charge is 0.328 e. The van der Waals surface area contributed by atoms with E-state index in [1.165, 1.54) is 11.3 Å². The Kier molecular flexibility index (Phi) is 4.57. The molecule has 0 atom stereocenters. The number of hydrogen-bond acceptors (Lipinski definition) is 3. The van der Waals surface area contributed by atoms with E-state index < -0.39 is 5.97 Å². The number of halogens is 1. The van der Waals surface area contributed by atoms with Gasteiger partial charge in [0.1, 0.15) is 5.01 Å². The minimum absolute atomic E-state index is 0.237. The minimum Gasteiger partial charge on any atom is -0.478 e. The van der Waals surface area contributed by atoms with Crippen LogP contribution in [-0.4, -0.2) is 16.1 Å². The summed E-state index contributed by atoms with van der Waals surface area (Å²) < 4.78 is 0. The summed E-state index contributed by atoms with van der Waals surface area (Å²) in [6, 6.07) is 7.46. The lowest BCUT2D eigenvalue weighted by Gasteiger charge is -2.00. The highest BCUT2D eigenvalue weighted by molar-refractivity contribution is 7.16. The van der Waals surface area contributed by atoms with E-state index in [0.717, 1.165) is 27.2 Å². The number of hydrogen-bond donors (Lipinski definition) is 1. The van der Waals surface area contributed by atoms with Crippen molar-refractivity contribution in [2.24, 2.45) is 0 Å². The maximum absolute atomic E-state index is 10.7. The molecular formula is C15H14ClNO2S. The van der Waals surface area contributed by atoms with Crippen molar-refractivity contribution < 1.29 is 9.90 Å². The van der Waals surface area contributed by atoms with Crippen LogP contribution in [0.4, 0.5) is 0 Å². The lowest BCUT2D eigenvalue weighted by atomic mass is 10.1. The van der Waals surface area contributed by atoms with E-state index in [9.17, 15) is 4.79 Å². The summed E-state index contributed by atoms with van der Waals surface area (Å²) >= 11 is 7.36. The summed E-state index contributed by atoms with van der Waals surface area (Å²) in [6.45, 7) is 4.08. The van der Waals surface area contributed by atoms with E-state index in [1.54, 1.807) is 6.08 Å². The maximum atomic E-state index is 10.7. The number of nitrogens with zero attached hydrogens (tertiary/aromatic N) is 1. The van der Waals surface area contributed by atoms with E-state index in [4.69, 9.17) is 16.7 Å². The summed E-state index contributed by atoms with van der Waals surface area (Å²) in [7, 11) is 0. The normalized spacial score (nSPS) is 11.4. The van der Waals surface area contributed by atoms with Gasteiger partial charge in [-0.05, 0) is 24.1 Å². The first-order chi connectivity index (χ1) is 9.47. The second kappa shape index (κ2) is 6.20. The van der Waals surface area contributed by atoms with E-state index in [1.807, 2.05) is 38.1 Å². The van der Waals surface area contributed by atoms with Crippen molar-refractivity contribution in [2.75, 3.05) is 0 Å². The lowest BCUT2D eigenvalue weighted by molar-refractivity contribution is -0.131. The van der Waals surface area contributed by atoms with Gasteiger partial charge in [-0.15, -0.1) is 11.3 Å². The van der Waals surface area contributed by atoms with Gasteiger partial charge in [0.05, 0.1) is 10.6 Å². The molecule has 0 aliphatic rings. The topological polar surface area (TPSA) is 50.2 Å². The van der Waals surface area contributed by atoms with Crippen molar-refractivity contribution in [3.05, 3.63) is 45.9 Å². The van der Waals surface area contributed by atoms with Crippen LogP contribution in [0.25, 0.3) is 16.6 Å². The van der Waals surface area contributed by atoms with Gasteiger partial charge in [-0.1, -0.05) is 37.6 Å². The van der Waals surface area contributed by atoms with E-state index in [2.05, 4.69) is 4.98 Å². The molecule has 0 unspecified atom stereocenters. The highest BCUT2D eigenvalue weighted by Crippen LogP contribution is 2.33. The summed E-state index contributed by atoms with van der Waals surface area (Å²) in [5, 5.41) is 10.3. The molecule has 0 radical (unpaired) electrons. The van der Waals surface area contributed by atoms with Gasteiger partial charge in [0.25, 0.3) is 0 Å². The predicted octanol–water partition coefficient (Wildman–Crippen LogP) is 4.68. The van der Waals surface area contributed by atoms with Crippen molar-refractivity contribution >= 4 is 35.0 Å². The van der Waals surface area contributed by atoms with E-state index in [0.29, 0.717) is 5.02 Å². The van der Waals surface area contributed by atoms with Gasteiger partial charge in [-0.2, -0.15) is 0 Å². The quantitative estimate of drug-likeness (QED) is 0.834. The molecule has 1 N–H and O–H groups in total. The average Bonchev–Trinajstić information content (AvgIpc) is 2.81. The zero-order valence-corrected chi connectivity index (χ0v) is 12.7. The molecule has 0 fully saturated rings. The van der Waals surface area contributed by atoms with Gasteiger partial charge in [-0.3, -0.25) is 0 Å². The second-order valence-electron chi connectivity index (χ2n) is 4.60. The fraction of sp³-hybridized carbons (Fsp3) is 0.200. The summed E-state index contributed by atoms with van der Waals surface area (Å²) in [5.41, 5.74) is 1.90. The number of thiazole rings is 1. The number of carboxylic acid groups (broad SMARTS) is 1. The highest BCUT2D eigenvalue weighted by atomic mass is 35.5. The molecule has 20 heavy (non-hydrogen) atoms.